The lowest BCUT2D eigenvalue weighted by atomic mass is 10.2. The van der Waals surface area contributed by atoms with Crippen LogP contribution in [-0.4, -0.2) is 11.7 Å². The van der Waals surface area contributed by atoms with Crippen LogP contribution in [0.1, 0.15) is 48.0 Å². The molecule has 0 N–H and O–H groups in total. The molecule has 0 aromatic carbocycles. The molecule has 0 aliphatic heterocycles. The minimum atomic E-state index is -0.233. The molecular formula is C11H22O2. The van der Waals surface area contributed by atoms with Crippen LogP contribution < -0.4 is 0 Å². The molecule has 0 aromatic rings. The first-order valence-corrected chi connectivity index (χ1v) is 4.84. The van der Waals surface area contributed by atoms with Gasteiger partial charge in [-0.25, -0.2) is 9.78 Å². The smallest absolute Gasteiger partial charge is 0.111 e. The summed E-state index contributed by atoms with van der Waals surface area (Å²) in [5.41, 5.74) is 1.02. The van der Waals surface area contributed by atoms with E-state index in [1.54, 1.807) is 0 Å². The van der Waals surface area contributed by atoms with Crippen LogP contribution in [0.2, 0.25) is 0 Å². The van der Waals surface area contributed by atoms with Crippen molar-refractivity contribution in [3.8, 4) is 0 Å². The molecule has 0 aliphatic carbocycles. The zero-order chi connectivity index (χ0) is 10.5. The standard InChI is InChI=1S/C11H22O2/c1-7-10(8-9(2)3)12-13-11(4,5)6/h8,10H,7H2,1-6H3. The molecule has 0 saturated carbocycles. The molecular weight excluding hydrogens is 164 g/mol. The van der Waals surface area contributed by atoms with Crippen LogP contribution in [0.15, 0.2) is 11.6 Å². The highest BCUT2D eigenvalue weighted by atomic mass is 17.2. The van der Waals surface area contributed by atoms with E-state index in [-0.39, 0.29) is 11.7 Å². The first-order valence-electron chi connectivity index (χ1n) is 4.84. The van der Waals surface area contributed by atoms with Crippen molar-refractivity contribution in [2.75, 3.05) is 0 Å². The molecule has 0 bridgehead atoms. The van der Waals surface area contributed by atoms with Crippen LogP contribution >= 0.6 is 0 Å². The summed E-state index contributed by atoms with van der Waals surface area (Å²) in [6.45, 7) is 12.1. The number of hydrogen-bond acceptors (Lipinski definition) is 2. The first kappa shape index (κ1) is 12.7. The van der Waals surface area contributed by atoms with Gasteiger partial charge in [-0.1, -0.05) is 18.6 Å². The fraction of sp³-hybridized carbons (Fsp3) is 0.818. The van der Waals surface area contributed by atoms with Gasteiger partial charge in [-0.3, -0.25) is 0 Å². The van der Waals surface area contributed by atoms with Crippen LogP contribution in [0.3, 0.4) is 0 Å². The third-order valence-electron chi connectivity index (χ3n) is 1.34. The summed E-state index contributed by atoms with van der Waals surface area (Å²) in [6, 6.07) is 0. The lowest BCUT2D eigenvalue weighted by Crippen LogP contribution is -2.23. The average molecular weight is 186 g/mol. The second-order valence-corrected chi connectivity index (χ2v) is 4.48. The first-order chi connectivity index (χ1) is 5.85. The zero-order valence-electron chi connectivity index (χ0n) is 9.68. The van der Waals surface area contributed by atoms with Gasteiger partial charge in [0.2, 0.25) is 0 Å². The summed E-state index contributed by atoms with van der Waals surface area (Å²) in [5.74, 6) is 0. The van der Waals surface area contributed by atoms with Crippen LogP contribution in [0.25, 0.3) is 0 Å². The quantitative estimate of drug-likeness (QED) is 0.380. The van der Waals surface area contributed by atoms with Crippen molar-refractivity contribution in [2.45, 2.75) is 59.7 Å². The molecule has 2 heteroatoms. The Balaban J connectivity index is 3.94. The van der Waals surface area contributed by atoms with Gasteiger partial charge in [0.15, 0.2) is 0 Å². The zero-order valence-corrected chi connectivity index (χ0v) is 9.68. The Bertz CT molecular complexity index is 161. The third kappa shape index (κ3) is 8.00. The Kier molecular flexibility index (Phi) is 5.26. The summed E-state index contributed by atoms with van der Waals surface area (Å²) in [7, 11) is 0. The molecule has 0 heterocycles. The van der Waals surface area contributed by atoms with Gasteiger partial charge in [0, 0.05) is 0 Å². The van der Waals surface area contributed by atoms with E-state index in [4.69, 9.17) is 9.78 Å². The molecule has 0 amide bonds. The van der Waals surface area contributed by atoms with Crippen molar-refractivity contribution in [2.24, 2.45) is 0 Å². The predicted octanol–water partition coefficient (Wildman–Crippen LogP) is 3.48. The predicted molar refractivity (Wildman–Crippen MR) is 55.4 cm³/mol. The summed E-state index contributed by atoms with van der Waals surface area (Å²) in [6.07, 6.45) is 3.08. The van der Waals surface area contributed by atoms with Gasteiger partial charge in [0.1, 0.15) is 6.10 Å². The van der Waals surface area contributed by atoms with Gasteiger partial charge in [0.25, 0.3) is 0 Å². The average Bonchev–Trinajstić information content (AvgIpc) is 1.95. The lowest BCUT2D eigenvalue weighted by molar-refractivity contribution is -0.364. The third-order valence-corrected chi connectivity index (χ3v) is 1.34. The van der Waals surface area contributed by atoms with Crippen molar-refractivity contribution in [3.63, 3.8) is 0 Å². The summed E-state index contributed by atoms with van der Waals surface area (Å²) >= 11 is 0. The molecule has 0 aliphatic rings. The van der Waals surface area contributed by atoms with Crippen LogP contribution in [0.4, 0.5) is 0 Å². The van der Waals surface area contributed by atoms with Crippen molar-refractivity contribution in [1.82, 2.24) is 0 Å². The van der Waals surface area contributed by atoms with E-state index >= 15 is 0 Å². The van der Waals surface area contributed by atoms with Crippen molar-refractivity contribution in [1.29, 1.82) is 0 Å². The molecule has 0 aromatic heterocycles. The van der Waals surface area contributed by atoms with Crippen LogP contribution in [-0.2, 0) is 9.78 Å². The summed E-state index contributed by atoms with van der Waals surface area (Å²) in [4.78, 5) is 10.5. The Morgan fingerprint density at radius 3 is 2.15 bits per heavy atom. The van der Waals surface area contributed by atoms with Gasteiger partial charge >= 0.3 is 0 Å². The molecule has 0 rings (SSSR count). The maximum Gasteiger partial charge on any atom is 0.111 e. The maximum absolute atomic E-state index is 5.29. The molecule has 0 radical (unpaired) electrons. The summed E-state index contributed by atoms with van der Waals surface area (Å²) < 4.78 is 0. The highest BCUT2D eigenvalue weighted by Gasteiger charge is 2.14. The molecule has 0 saturated heterocycles. The van der Waals surface area contributed by atoms with Gasteiger partial charge in [-0.05, 0) is 41.0 Å². The molecule has 78 valence electrons. The van der Waals surface area contributed by atoms with E-state index in [9.17, 15) is 0 Å². The number of rotatable bonds is 4. The Labute approximate surface area is 81.9 Å². The van der Waals surface area contributed by atoms with Crippen molar-refractivity contribution in [3.05, 3.63) is 11.6 Å². The van der Waals surface area contributed by atoms with Crippen LogP contribution in [0.5, 0.6) is 0 Å². The largest absolute Gasteiger partial charge is 0.230 e. The second-order valence-electron chi connectivity index (χ2n) is 4.48. The Morgan fingerprint density at radius 1 is 1.31 bits per heavy atom. The number of allylic oxidation sites excluding steroid dienone is 1. The van der Waals surface area contributed by atoms with E-state index in [1.165, 1.54) is 5.57 Å². The van der Waals surface area contributed by atoms with Gasteiger partial charge in [0.05, 0.1) is 5.60 Å². The van der Waals surface area contributed by atoms with Gasteiger partial charge in [-0.2, -0.15) is 0 Å². The van der Waals surface area contributed by atoms with Crippen molar-refractivity contribution >= 4 is 0 Å². The molecule has 1 unspecified atom stereocenters. The van der Waals surface area contributed by atoms with E-state index in [0.29, 0.717) is 0 Å². The van der Waals surface area contributed by atoms with E-state index < -0.39 is 0 Å². The topological polar surface area (TPSA) is 18.5 Å². The molecule has 2 nitrogen and oxygen atoms in total. The second kappa shape index (κ2) is 5.40. The highest BCUT2D eigenvalue weighted by Crippen LogP contribution is 2.12. The van der Waals surface area contributed by atoms with E-state index in [0.717, 1.165) is 6.42 Å². The highest BCUT2D eigenvalue weighted by molar-refractivity contribution is 4.97. The fourth-order valence-corrected chi connectivity index (χ4v) is 0.792. The van der Waals surface area contributed by atoms with Gasteiger partial charge < -0.3 is 0 Å². The maximum atomic E-state index is 5.29. The Hall–Kier alpha value is -0.340. The molecule has 0 fully saturated rings. The molecule has 13 heavy (non-hydrogen) atoms. The SMILES string of the molecule is CCC(C=C(C)C)OOC(C)(C)C. The van der Waals surface area contributed by atoms with E-state index in [1.807, 2.05) is 20.8 Å². The van der Waals surface area contributed by atoms with Crippen LogP contribution in [0, 0.1) is 0 Å². The van der Waals surface area contributed by atoms with Gasteiger partial charge in [-0.15, -0.1) is 0 Å². The minimum Gasteiger partial charge on any atom is -0.230 e. The number of hydrogen-bond donors (Lipinski definition) is 0. The molecule has 0 spiro atoms. The summed E-state index contributed by atoms with van der Waals surface area (Å²) in [5, 5.41) is 0. The molecule has 1 atom stereocenters. The normalized spacial score (nSPS) is 14.0. The Morgan fingerprint density at radius 2 is 1.85 bits per heavy atom. The fourth-order valence-electron chi connectivity index (χ4n) is 0.792. The monoisotopic (exact) mass is 186 g/mol. The van der Waals surface area contributed by atoms with E-state index in [2.05, 4.69) is 26.8 Å². The lowest BCUT2D eigenvalue weighted by Gasteiger charge is -2.21. The van der Waals surface area contributed by atoms with Crippen molar-refractivity contribution < 1.29 is 9.78 Å². The minimum absolute atomic E-state index is 0.0734.